The first-order chi connectivity index (χ1) is 14.4. The number of anilines is 1. The topological polar surface area (TPSA) is 85.8 Å². The van der Waals surface area contributed by atoms with Crippen molar-refractivity contribution < 1.29 is 22.5 Å². The van der Waals surface area contributed by atoms with Crippen molar-refractivity contribution in [2.24, 2.45) is 0 Å². The van der Waals surface area contributed by atoms with Crippen LogP contribution in [0.4, 0.5) is 18.9 Å². The van der Waals surface area contributed by atoms with Crippen LogP contribution in [0.5, 0.6) is 0 Å². The summed E-state index contributed by atoms with van der Waals surface area (Å²) in [6.07, 6.45) is -1.37. The number of halogens is 3. The molecule has 7 nitrogen and oxygen atoms in total. The Morgan fingerprint density at radius 2 is 2.13 bits per heavy atom. The number of amides is 1. The molecule has 1 amide bonds. The summed E-state index contributed by atoms with van der Waals surface area (Å²) in [6.45, 7) is 0. The number of aromatic nitrogens is 4. The van der Waals surface area contributed by atoms with E-state index in [2.05, 4.69) is 20.6 Å². The number of alkyl halides is 3. The Balaban J connectivity index is 1.48. The molecule has 0 unspecified atom stereocenters. The van der Waals surface area contributed by atoms with E-state index >= 15 is 0 Å². The van der Waals surface area contributed by atoms with Gasteiger partial charge in [-0.25, -0.2) is 4.68 Å². The van der Waals surface area contributed by atoms with Gasteiger partial charge in [0.15, 0.2) is 0 Å². The summed E-state index contributed by atoms with van der Waals surface area (Å²) in [5.74, 6) is 0.200. The van der Waals surface area contributed by atoms with Crippen molar-refractivity contribution in [1.82, 2.24) is 19.9 Å². The lowest BCUT2D eigenvalue weighted by molar-refractivity contribution is -0.137. The van der Waals surface area contributed by atoms with Gasteiger partial charge >= 0.3 is 6.18 Å². The predicted molar refractivity (Wildman–Crippen MR) is 103 cm³/mol. The number of aryl methyl sites for hydroxylation is 1. The Morgan fingerprint density at radius 1 is 1.27 bits per heavy atom. The summed E-state index contributed by atoms with van der Waals surface area (Å²) < 4.78 is 45.8. The minimum atomic E-state index is -4.54. The molecule has 0 aliphatic carbocycles. The number of nitrogens with one attached hydrogen (secondary N) is 1. The molecule has 0 saturated carbocycles. The quantitative estimate of drug-likeness (QED) is 0.481. The smallest absolute Gasteiger partial charge is 0.339 e. The van der Waals surface area contributed by atoms with Crippen molar-refractivity contribution >= 4 is 22.9 Å². The van der Waals surface area contributed by atoms with Gasteiger partial charge in [0.25, 0.3) is 0 Å². The molecular formula is C19H14F3N5O2S. The minimum absolute atomic E-state index is 0.00279. The van der Waals surface area contributed by atoms with Gasteiger partial charge in [-0.05, 0) is 35.7 Å². The first-order valence-electron chi connectivity index (χ1n) is 8.76. The Morgan fingerprint density at radius 3 is 2.83 bits per heavy atom. The maximum absolute atomic E-state index is 13.1. The lowest BCUT2D eigenvalue weighted by Crippen LogP contribution is -2.16. The number of carbonyl (C=O) groups excluding carboxylic acids is 1. The van der Waals surface area contributed by atoms with Gasteiger partial charge in [0, 0.05) is 36.2 Å². The van der Waals surface area contributed by atoms with E-state index in [0.29, 0.717) is 11.5 Å². The number of rotatable bonds is 6. The molecule has 1 aromatic carbocycles. The molecule has 0 aliphatic heterocycles. The van der Waals surface area contributed by atoms with Crippen LogP contribution >= 0.6 is 11.3 Å². The molecule has 3 aromatic heterocycles. The van der Waals surface area contributed by atoms with Crippen LogP contribution in [0.25, 0.3) is 17.1 Å². The van der Waals surface area contributed by atoms with E-state index in [0.717, 1.165) is 17.7 Å². The van der Waals surface area contributed by atoms with Crippen molar-refractivity contribution in [3.63, 3.8) is 0 Å². The number of hydrogen-bond acceptors (Lipinski definition) is 6. The van der Waals surface area contributed by atoms with Crippen LogP contribution < -0.4 is 5.32 Å². The maximum Gasteiger partial charge on any atom is 0.416 e. The third kappa shape index (κ3) is 4.40. The predicted octanol–water partition coefficient (Wildman–Crippen LogP) is 4.57. The van der Waals surface area contributed by atoms with Gasteiger partial charge in [-0.2, -0.15) is 34.6 Å². The van der Waals surface area contributed by atoms with Crippen LogP contribution in [0.1, 0.15) is 17.9 Å². The fourth-order valence-corrected chi connectivity index (χ4v) is 3.36. The number of thiophene rings is 1. The zero-order valence-electron chi connectivity index (χ0n) is 15.3. The molecule has 0 atom stereocenters. The van der Waals surface area contributed by atoms with Crippen LogP contribution in [-0.4, -0.2) is 25.8 Å². The average Bonchev–Trinajstić information content (AvgIpc) is 3.48. The number of carbonyl (C=O) groups is 1. The second-order valence-electron chi connectivity index (χ2n) is 6.25. The Hall–Kier alpha value is -3.47. The highest BCUT2D eigenvalue weighted by Gasteiger charge is 2.31. The van der Waals surface area contributed by atoms with E-state index in [1.807, 2.05) is 16.8 Å². The van der Waals surface area contributed by atoms with Crippen molar-refractivity contribution in [3.8, 4) is 17.1 Å². The van der Waals surface area contributed by atoms with Gasteiger partial charge in [-0.1, -0.05) is 5.16 Å². The molecule has 0 saturated heterocycles. The maximum atomic E-state index is 13.1. The standard InChI is InChI=1S/C19H14F3N5O2S/c20-19(21,22)13-2-3-15(27-8-1-7-23-27)14(10-13)24-16(28)4-5-17-25-18(26-29-17)12-6-9-30-11-12/h1-3,6-11H,4-5H2,(H,24,28). The van der Waals surface area contributed by atoms with Crippen LogP contribution in [0, 0.1) is 0 Å². The molecule has 154 valence electrons. The van der Waals surface area contributed by atoms with Crippen molar-refractivity contribution in [3.05, 3.63) is 64.9 Å². The normalized spacial score (nSPS) is 11.6. The fourth-order valence-electron chi connectivity index (χ4n) is 2.72. The first kappa shape index (κ1) is 19.8. The molecule has 3 heterocycles. The van der Waals surface area contributed by atoms with Gasteiger partial charge < -0.3 is 9.84 Å². The summed E-state index contributed by atoms with van der Waals surface area (Å²) >= 11 is 1.49. The highest BCUT2D eigenvalue weighted by Crippen LogP contribution is 2.33. The van der Waals surface area contributed by atoms with Gasteiger partial charge in [-0.3, -0.25) is 4.79 Å². The zero-order chi connectivity index (χ0) is 21.1. The Bertz CT molecular complexity index is 1140. The molecule has 4 aromatic rings. The number of benzene rings is 1. The lowest BCUT2D eigenvalue weighted by atomic mass is 10.1. The summed E-state index contributed by atoms with van der Waals surface area (Å²) in [5, 5.41) is 14.2. The van der Waals surface area contributed by atoms with Crippen LogP contribution in [0.2, 0.25) is 0 Å². The number of hydrogen-bond donors (Lipinski definition) is 1. The Kier molecular flexibility index (Phi) is 5.36. The molecular weight excluding hydrogens is 419 g/mol. The van der Waals surface area contributed by atoms with Crippen LogP contribution in [0.15, 0.2) is 58.0 Å². The van der Waals surface area contributed by atoms with E-state index in [1.54, 1.807) is 12.3 Å². The third-order valence-electron chi connectivity index (χ3n) is 4.16. The molecule has 30 heavy (non-hydrogen) atoms. The minimum Gasteiger partial charge on any atom is -0.339 e. The van der Waals surface area contributed by atoms with Crippen molar-refractivity contribution in [1.29, 1.82) is 0 Å². The zero-order valence-corrected chi connectivity index (χ0v) is 16.1. The average molecular weight is 433 g/mol. The molecule has 0 fully saturated rings. The van der Waals surface area contributed by atoms with Crippen molar-refractivity contribution in [2.75, 3.05) is 5.32 Å². The third-order valence-corrected chi connectivity index (χ3v) is 4.85. The SMILES string of the molecule is O=C(CCc1nc(-c2ccsc2)no1)Nc1cc(C(F)(F)F)ccc1-n1cccn1. The largest absolute Gasteiger partial charge is 0.416 e. The first-order valence-corrected chi connectivity index (χ1v) is 9.71. The van der Waals surface area contributed by atoms with E-state index < -0.39 is 17.6 Å². The highest BCUT2D eigenvalue weighted by atomic mass is 32.1. The second kappa shape index (κ2) is 8.11. The number of nitrogens with zero attached hydrogens (tertiary/aromatic N) is 4. The molecule has 0 radical (unpaired) electrons. The fraction of sp³-hybridized carbons (Fsp3) is 0.158. The monoisotopic (exact) mass is 433 g/mol. The highest BCUT2D eigenvalue weighted by molar-refractivity contribution is 7.08. The molecule has 0 bridgehead atoms. The summed E-state index contributed by atoms with van der Waals surface area (Å²) in [4.78, 5) is 16.6. The summed E-state index contributed by atoms with van der Waals surface area (Å²) in [6, 6.07) is 6.56. The van der Waals surface area contributed by atoms with E-state index in [1.165, 1.54) is 28.3 Å². The van der Waals surface area contributed by atoms with Gasteiger partial charge in [-0.15, -0.1) is 0 Å². The van der Waals surface area contributed by atoms with Crippen LogP contribution in [-0.2, 0) is 17.4 Å². The van der Waals surface area contributed by atoms with E-state index in [-0.39, 0.29) is 24.4 Å². The van der Waals surface area contributed by atoms with Crippen molar-refractivity contribution in [2.45, 2.75) is 19.0 Å². The van der Waals surface area contributed by atoms with Gasteiger partial charge in [0.05, 0.1) is 16.9 Å². The lowest BCUT2D eigenvalue weighted by Gasteiger charge is -2.14. The van der Waals surface area contributed by atoms with Gasteiger partial charge in [0.1, 0.15) is 0 Å². The van der Waals surface area contributed by atoms with E-state index in [9.17, 15) is 18.0 Å². The molecule has 4 rings (SSSR count). The molecule has 1 N–H and O–H groups in total. The Labute approximate surface area is 172 Å². The van der Waals surface area contributed by atoms with Gasteiger partial charge in [0.2, 0.25) is 17.6 Å². The molecule has 0 aliphatic rings. The summed E-state index contributed by atoms with van der Waals surface area (Å²) in [5.41, 5.74) is 0.264. The molecule has 0 spiro atoms. The van der Waals surface area contributed by atoms with E-state index in [4.69, 9.17) is 4.52 Å². The second-order valence-corrected chi connectivity index (χ2v) is 7.03. The molecule has 11 heteroatoms. The van der Waals surface area contributed by atoms with Crippen LogP contribution in [0.3, 0.4) is 0 Å². The summed E-state index contributed by atoms with van der Waals surface area (Å²) in [7, 11) is 0.